The van der Waals surface area contributed by atoms with Gasteiger partial charge in [-0.3, -0.25) is 4.79 Å². The highest BCUT2D eigenvalue weighted by Gasteiger charge is 2.07. The number of hydrogen-bond acceptors (Lipinski definition) is 4. The average Bonchev–Trinajstić information content (AvgIpc) is 2.55. The highest BCUT2D eigenvalue weighted by Crippen LogP contribution is 2.32. The Morgan fingerprint density at radius 3 is 2.28 bits per heavy atom. The van der Waals surface area contributed by atoms with Gasteiger partial charge in [-0.15, -0.1) is 0 Å². The van der Waals surface area contributed by atoms with Crippen molar-refractivity contribution < 1.29 is 14.6 Å². The molecule has 0 bridgehead atoms. The van der Waals surface area contributed by atoms with Crippen molar-refractivity contribution in [2.75, 3.05) is 6.61 Å². The van der Waals surface area contributed by atoms with Crippen LogP contribution >= 0.6 is 47.8 Å². The predicted octanol–water partition coefficient (Wildman–Crippen LogP) is 4.83. The number of nitrogens with zero attached hydrogens (tertiary/aromatic N) is 1. The summed E-state index contributed by atoms with van der Waals surface area (Å²) >= 11 is 9.95. The van der Waals surface area contributed by atoms with Gasteiger partial charge in [-0.1, -0.05) is 15.9 Å². The Labute approximate surface area is 170 Å². The van der Waals surface area contributed by atoms with Crippen LogP contribution in [0.15, 0.2) is 42.8 Å². The van der Waals surface area contributed by atoms with Crippen LogP contribution in [0.3, 0.4) is 0 Å². The van der Waals surface area contributed by atoms with Crippen LogP contribution in [0.4, 0.5) is 0 Å². The summed E-state index contributed by atoms with van der Waals surface area (Å²) in [6.07, 6.45) is 1.47. The van der Waals surface area contributed by atoms with Crippen molar-refractivity contribution >= 4 is 59.9 Å². The molecule has 2 N–H and O–H groups in total. The topological polar surface area (TPSA) is 70.9 Å². The molecule has 132 valence electrons. The summed E-state index contributed by atoms with van der Waals surface area (Å²) in [4.78, 5) is 11.8. The third kappa shape index (κ3) is 5.55. The molecule has 0 unspecified atom stereocenters. The molecule has 0 aliphatic rings. The van der Waals surface area contributed by atoms with E-state index in [-0.39, 0.29) is 18.3 Å². The van der Waals surface area contributed by atoms with E-state index in [1.54, 1.807) is 12.1 Å². The first-order chi connectivity index (χ1) is 11.8. The normalized spacial score (nSPS) is 10.9. The SMILES string of the molecule is Cc1cc(OCC(=O)N/N=C/c2cc(Br)c(O)c(Br)c2)cc(C)c1Br. The molecular formula is C17H15Br3N2O3. The van der Waals surface area contributed by atoms with E-state index in [0.717, 1.165) is 15.6 Å². The van der Waals surface area contributed by atoms with E-state index in [1.807, 2.05) is 26.0 Å². The fourth-order valence-corrected chi connectivity index (χ4v) is 3.46. The summed E-state index contributed by atoms with van der Waals surface area (Å²) < 4.78 is 7.57. The first kappa shape index (κ1) is 19.9. The molecule has 0 saturated heterocycles. The van der Waals surface area contributed by atoms with Gasteiger partial charge < -0.3 is 9.84 Å². The van der Waals surface area contributed by atoms with Gasteiger partial charge in [-0.05, 0) is 86.7 Å². The number of hydrogen-bond donors (Lipinski definition) is 2. The van der Waals surface area contributed by atoms with Crippen molar-refractivity contribution in [2.45, 2.75) is 13.8 Å². The van der Waals surface area contributed by atoms with Gasteiger partial charge >= 0.3 is 0 Å². The van der Waals surface area contributed by atoms with E-state index in [1.165, 1.54) is 6.21 Å². The Hall–Kier alpha value is -1.38. The summed E-state index contributed by atoms with van der Waals surface area (Å²) in [6, 6.07) is 7.08. The molecule has 0 spiro atoms. The van der Waals surface area contributed by atoms with Crippen LogP contribution in [-0.4, -0.2) is 23.8 Å². The van der Waals surface area contributed by atoms with Gasteiger partial charge in [0.15, 0.2) is 6.61 Å². The largest absolute Gasteiger partial charge is 0.506 e. The van der Waals surface area contributed by atoms with Crippen molar-refractivity contribution in [3.05, 3.63) is 54.4 Å². The Balaban J connectivity index is 1.91. The van der Waals surface area contributed by atoms with E-state index < -0.39 is 0 Å². The highest BCUT2D eigenvalue weighted by molar-refractivity contribution is 9.11. The molecule has 25 heavy (non-hydrogen) atoms. The molecule has 0 aromatic heterocycles. The molecule has 0 radical (unpaired) electrons. The van der Waals surface area contributed by atoms with Crippen molar-refractivity contribution in [1.29, 1.82) is 0 Å². The molecular weight excluding hydrogens is 520 g/mol. The number of carbonyl (C=O) groups excluding carboxylic acids is 1. The van der Waals surface area contributed by atoms with Crippen molar-refractivity contribution in [3.8, 4) is 11.5 Å². The molecule has 0 heterocycles. The maximum Gasteiger partial charge on any atom is 0.277 e. The minimum absolute atomic E-state index is 0.106. The first-order valence-electron chi connectivity index (χ1n) is 7.17. The lowest BCUT2D eigenvalue weighted by Crippen LogP contribution is -2.24. The van der Waals surface area contributed by atoms with Gasteiger partial charge in [0.25, 0.3) is 5.91 Å². The molecule has 2 rings (SSSR count). The molecule has 2 aromatic carbocycles. The summed E-state index contributed by atoms with van der Waals surface area (Å²) in [5.41, 5.74) is 5.18. The van der Waals surface area contributed by atoms with Gasteiger partial charge in [-0.25, -0.2) is 5.43 Å². The maximum absolute atomic E-state index is 11.8. The zero-order chi connectivity index (χ0) is 18.6. The lowest BCUT2D eigenvalue weighted by molar-refractivity contribution is -0.123. The molecule has 0 atom stereocenters. The number of benzene rings is 2. The van der Waals surface area contributed by atoms with Crippen LogP contribution in [0.25, 0.3) is 0 Å². The number of hydrazone groups is 1. The Kier molecular flexibility index (Phi) is 7.04. The van der Waals surface area contributed by atoms with Gasteiger partial charge in [0.2, 0.25) is 0 Å². The van der Waals surface area contributed by atoms with Crippen molar-refractivity contribution in [1.82, 2.24) is 5.43 Å². The minimum atomic E-state index is -0.369. The second-order valence-corrected chi connectivity index (χ2v) is 7.79. The molecule has 0 fully saturated rings. The third-order valence-electron chi connectivity index (χ3n) is 3.22. The second-order valence-electron chi connectivity index (χ2n) is 5.29. The molecule has 8 heteroatoms. The van der Waals surface area contributed by atoms with Gasteiger partial charge in [0.05, 0.1) is 15.2 Å². The third-order valence-corrected chi connectivity index (χ3v) is 5.68. The number of nitrogens with one attached hydrogen (secondary N) is 1. The molecule has 0 saturated carbocycles. The first-order valence-corrected chi connectivity index (χ1v) is 9.55. The van der Waals surface area contributed by atoms with Crippen LogP contribution < -0.4 is 10.2 Å². The van der Waals surface area contributed by atoms with Crippen LogP contribution in [-0.2, 0) is 4.79 Å². The monoisotopic (exact) mass is 532 g/mol. The van der Waals surface area contributed by atoms with Gasteiger partial charge in [-0.2, -0.15) is 5.10 Å². The lowest BCUT2D eigenvalue weighted by atomic mass is 10.1. The summed E-state index contributed by atoms with van der Waals surface area (Å²) in [5.74, 6) is 0.366. The fraction of sp³-hybridized carbons (Fsp3) is 0.176. The lowest BCUT2D eigenvalue weighted by Gasteiger charge is -2.09. The molecule has 0 aliphatic heterocycles. The molecule has 2 aromatic rings. The number of amides is 1. The fourth-order valence-electron chi connectivity index (χ4n) is 2.01. The van der Waals surface area contributed by atoms with Gasteiger partial charge in [0, 0.05) is 4.47 Å². The molecule has 1 amide bonds. The number of phenols is 1. The Morgan fingerprint density at radius 1 is 1.16 bits per heavy atom. The number of carbonyl (C=O) groups is 1. The average molecular weight is 535 g/mol. The van der Waals surface area contributed by atoms with Crippen molar-refractivity contribution in [2.24, 2.45) is 5.10 Å². The predicted molar refractivity (Wildman–Crippen MR) is 108 cm³/mol. The standard InChI is InChI=1S/C17H15Br3N2O3/c1-9-3-12(4-10(2)16(9)20)25-8-15(23)22-21-7-11-5-13(18)17(24)14(19)6-11/h3-7,24H,8H2,1-2H3,(H,22,23)/b21-7+. The number of ether oxygens (including phenoxy) is 1. The molecule has 0 aliphatic carbocycles. The van der Waals surface area contributed by atoms with Crippen LogP contribution in [0, 0.1) is 13.8 Å². The van der Waals surface area contributed by atoms with E-state index in [9.17, 15) is 9.90 Å². The zero-order valence-corrected chi connectivity index (χ0v) is 18.2. The van der Waals surface area contributed by atoms with Crippen LogP contribution in [0.2, 0.25) is 0 Å². The van der Waals surface area contributed by atoms with Crippen LogP contribution in [0.1, 0.15) is 16.7 Å². The number of aromatic hydroxyl groups is 1. The van der Waals surface area contributed by atoms with E-state index in [0.29, 0.717) is 20.3 Å². The minimum Gasteiger partial charge on any atom is -0.506 e. The van der Waals surface area contributed by atoms with Crippen LogP contribution in [0.5, 0.6) is 11.5 Å². The highest BCUT2D eigenvalue weighted by atomic mass is 79.9. The Bertz CT molecular complexity index is 792. The summed E-state index contributed by atoms with van der Waals surface area (Å²) in [6.45, 7) is 3.78. The Morgan fingerprint density at radius 2 is 1.72 bits per heavy atom. The number of rotatable bonds is 5. The smallest absolute Gasteiger partial charge is 0.277 e. The van der Waals surface area contributed by atoms with E-state index in [4.69, 9.17) is 4.74 Å². The van der Waals surface area contributed by atoms with E-state index in [2.05, 4.69) is 58.3 Å². The quantitative estimate of drug-likeness (QED) is 0.426. The van der Waals surface area contributed by atoms with E-state index >= 15 is 0 Å². The number of phenolic OH excluding ortho intramolecular Hbond substituents is 1. The second kappa shape index (κ2) is 8.82. The number of halogens is 3. The summed E-state index contributed by atoms with van der Waals surface area (Å²) in [7, 11) is 0. The summed E-state index contributed by atoms with van der Waals surface area (Å²) in [5, 5.41) is 13.5. The zero-order valence-electron chi connectivity index (χ0n) is 13.4. The van der Waals surface area contributed by atoms with Gasteiger partial charge in [0.1, 0.15) is 11.5 Å². The van der Waals surface area contributed by atoms with Crippen molar-refractivity contribution in [3.63, 3.8) is 0 Å². The maximum atomic E-state index is 11.8. The molecule has 5 nitrogen and oxygen atoms in total. The number of aryl methyl sites for hydroxylation is 2.